The Kier molecular flexibility index (Phi) is 8.23. The second-order valence-electron chi connectivity index (χ2n) is 8.78. The summed E-state index contributed by atoms with van der Waals surface area (Å²) in [4.78, 5) is 14.9. The molecule has 0 bridgehead atoms. The molecule has 1 aliphatic rings. The normalized spacial score (nSPS) is 19.8. The zero-order chi connectivity index (χ0) is 23.1. The average Bonchev–Trinajstić information content (AvgIpc) is 2.77. The van der Waals surface area contributed by atoms with Gasteiger partial charge in [-0.15, -0.1) is 0 Å². The van der Waals surface area contributed by atoms with Gasteiger partial charge in [-0.2, -0.15) is 0 Å². The number of benzene rings is 2. The van der Waals surface area contributed by atoms with Crippen LogP contribution in [0.2, 0.25) is 0 Å². The Morgan fingerprint density at radius 3 is 2.19 bits per heavy atom. The topological polar surface area (TPSA) is 78.5 Å². The van der Waals surface area contributed by atoms with Crippen molar-refractivity contribution >= 4 is 22.0 Å². The van der Waals surface area contributed by atoms with Crippen LogP contribution in [0, 0.1) is 11.8 Å². The largest absolute Gasteiger partial charge is 0.348 e. The van der Waals surface area contributed by atoms with Gasteiger partial charge in [0.1, 0.15) is 0 Å². The standard InChI is InChI=1S/C25H33N3O3S/c1-19-14-20(2)17-28(16-19)18-23-6-4-22(5-7-23)15-27-25(29)13-10-21-8-11-24(12-9-21)32(30,31)26-3/h4-13,19-20,26H,14-18H2,1-3H3,(H,27,29). The molecule has 1 aliphatic heterocycles. The summed E-state index contributed by atoms with van der Waals surface area (Å²) in [6.07, 6.45) is 4.43. The molecule has 2 aromatic carbocycles. The van der Waals surface area contributed by atoms with E-state index in [2.05, 4.69) is 53.1 Å². The molecular formula is C25H33N3O3S. The predicted octanol–water partition coefficient (Wildman–Crippen LogP) is 3.40. The third kappa shape index (κ3) is 7.02. The third-order valence-electron chi connectivity index (χ3n) is 5.73. The Hall–Kier alpha value is -2.48. The van der Waals surface area contributed by atoms with E-state index < -0.39 is 10.0 Å². The van der Waals surface area contributed by atoms with Crippen molar-refractivity contribution in [3.8, 4) is 0 Å². The number of nitrogens with zero attached hydrogens (tertiary/aromatic N) is 1. The minimum Gasteiger partial charge on any atom is -0.348 e. The van der Waals surface area contributed by atoms with Crippen molar-refractivity contribution < 1.29 is 13.2 Å². The lowest BCUT2D eigenvalue weighted by molar-refractivity contribution is -0.116. The quantitative estimate of drug-likeness (QED) is 0.598. The first-order valence-corrected chi connectivity index (χ1v) is 12.5. The van der Waals surface area contributed by atoms with E-state index in [0.717, 1.165) is 42.6 Å². The summed E-state index contributed by atoms with van der Waals surface area (Å²) in [5, 5.41) is 2.88. The van der Waals surface area contributed by atoms with Gasteiger partial charge in [-0.1, -0.05) is 50.2 Å². The van der Waals surface area contributed by atoms with Crippen LogP contribution in [0.4, 0.5) is 0 Å². The number of sulfonamides is 1. The number of likely N-dealkylation sites (tertiary alicyclic amines) is 1. The fraction of sp³-hybridized carbons (Fsp3) is 0.400. The molecule has 7 heteroatoms. The maximum Gasteiger partial charge on any atom is 0.244 e. The minimum atomic E-state index is -3.46. The summed E-state index contributed by atoms with van der Waals surface area (Å²) in [5.74, 6) is 1.30. The summed E-state index contributed by atoms with van der Waals surface area (Å²) in [6.45, 7) is 8.39. The highest BCUT2D eigenvalue weighted by molar-refractivity contribution is 7.89. The first-order valence-electron chi connectivity index (χ1n) is 11.0. The van der Waals surface area contributed by atoms with E-state index in [1.807, 2.05) is 0 Å². The summed E-state index contributed by atoms with van der Waals surface area (Å²) < 4.78 is 25.8. The molecule has 0 radical (unpaired) electrons. The van der Waals surface area contributed by atoms with Gasteiger partial charge >= 0.3 is 0 Å². The predicted molar refractivity (Wildman–Crippen MR) is 128 cm³/mol. The van der Waals surface area contributed by atoms with E-state index in [9.17, 15) is 13.2 Å². The number of carbonyl (C=O) groups is 1. The molecular weight excluding hydrogens is 422 g/mol. The van der Waals surface area contributed by atoms with Gasteiger partial charge < -0.3 is 5.32 Å². The van der Waals surface area contributed by atoms with Crippen LogP contribution >= 0.6 is 0 Å². The molecule has 2 unspecified atom stereocenters. The van der Waals surface area contributed by atoms with Crippen LogP contribution in [0.15, 0.2) is 59.5 Å². The summed E-state index contributed by atoms with van der Waals surface area (Å²) in [5.41, 5.74) is 3.10. The molecule has 2 aromatic rings. The molecule has 32 heavy (non-hydrogen) atoms. The van der Waals surface area contributed by atoms with Crippen LogP contribution in [0.3, 0.4) is 0 Å². The number of carbonyl (C=O) groups excluding carboxylic acids is 1. The van der Waals surface area contributed by atoms with Gasteiger partial charge in [0.25, 0.3) is 0 Å². The van der Waals surface area contributed by atoms with Gasteiger partial charge in [-0.05, 0) is 60.2 Å². The van der Waals surface area contributed by atoms with Crippen molar-refractivity contribution in [2.45, 2.75) is 38.3 Å². The number of amides is 1. The van der Waals surface area contributed by atoms with Crippen LogP contribution in [0.5, 0.6) is 0 Å². The Morgan fingerprint density at radius 1 is 1.00 bits per heavy atom. The number of nitrogens with one attached hydrogen (secondary N) is 2. The molecule has 1 fully saturated rings. The highest BCUT2D eigenvalue weighted by Crippen LogP contribution is 2.22. The van der Waals surface area contributed by atoms with Crippen LogP contribution < -0.4 is 10.0 Å². The highest BCUT2D eigenvalue weighted by Gasteiger charge is 2.21. The van der Waals surface area contributed by atoms with Crippen molar-refractivity contribution in [3.05, 3.63) is 71.3 Å². The molecule has 0 saturated carbocycles. The van der Waals surface area contributed by atoms with Crippen molar-refractivity contribution in [2.75, 3.05) is 20.1 Å². The van der Waals surface area contributed by atoms with E-state index in [1.165, 1.54) is 37.2 Å². The van der Waals surface area contributed by atoms with Gasteiger partial charge in [0, 0.05) is 32.3 Å². The molecule has 1 amide bonds. The van der Waals surface area contributed by atoms with E-state index >= 15 is 0 Å². The fourth-order valence-corrected chi connectivity index (χ4v) is 4.97. The molecule has 172 valence electrons. The molecule has 0 aromatic heterocycles. The van der Waals surface area contributed by atoms with Crippen LogP contribution in [0.25, 0.3) is 6.08 Å². The molecule has 1 saturated heterocycles. The lowest BCUT2D eigenvalue weighted by Gasteiger charge is -2.35. The van der Waals surface area contributed by atoms with Crippen LogP contribution in [0.1, 0.15) is 37.0 Å². The Balaban J connectivity index is 1.47. The molecule has 2 atom stereocenters. The zero-order valence-corrected chi connectivity index (χ0v) is 19.9. The van der Waals surface area contributed by atoms with E-state index in [1.54, 1.807) is 18.2 Å². The molecule has 3 rings (SSSR count). The highest BCUT2D eigenvalue weighted by atomic mass is 32.2. The Bertz CT molecular complexity index is 1020. The summed E-state index contributed by atoms with van der Waals surface area (Å²) >= 11 is 0. The average molecular weight is 456 g/mol. The van der Waals surface area contributed by atoms with Crippen molar-refractivity contribution in [1.29, 1.82) is 0 Å². The zero-order valence-electron chi connectivity index (χ0n) is 19.0. The molecule has 2 N–H and O–H groups in total. The molecule has 0 spiro atoms. The maximum absolute atomic E-state index is 12.1. The number of hydrogen-bond donors (Lipinski definition) is 2. The molecule has 1 heterocycles. The number of piperidine rings is 1. The third-order valence-corrected chi connectivity index (χ3v) is 7.16. The smallest absolute Gasteiger partial charge is 0.244 e. The maximum atomic E-state index is 12.1. The first-order chi connectivity index (χ1) is 15.2. The van der Waals surface area contributed by atoms with Crippen molar-refractivity contribution in [3.63, 3.8) is 0 Å². The summed E-state index contributed by atoms with van der Waals surface area (Å²) in [7, 11) is -2.09. The van der Waals surface area contributed by atoms with Gasteiger partial charge in [0.05, 0.1) is 4.90 Å². The van der Waals surface area contributed by atoms with Crippen LogP contribution in [-0.2, 0) is 27.9 Å². The fourth-order valence-electron chi connectivity index (χ4n) is 4.24. The monoisotopic (exact) mass is 455 g/mol. The summed E-state index contributed by atoms with van der Waals surface area (Å²) in [6, 6.07) is 14.8. The van der Waals surface area contributed by atoms with E-state index in [-0.39, 0.29) is 10.8 Å². The van der Waals surface area contributed by atoms with Gasteiger partial charge in [0.2, 0.25) is 15.9 Å². The SMILES string of the molecule is CNS(=O)(=O)c1ccc(C=CC(=O)NCc2ccc(CN3CC(C)CC(C)C3)cc2)cc1. The Morgan fingerprint density at radius 2 is 1.59 bits per heavy atom. The molecule has 6 nitrogen and oxygen atoms in total. The van der Waals surface area contributed by atoms with Gasteiger partial charge in [0.15, 0.2) is 0 Å². The van der Waals surface area contributed by atoms with Gasteiger partial charge in [-0.3, -0.25) is 9.69 Å². The van der Waals surface area contributed by atoms with Gasteiger partial charge in [-0.25, -0.2) is 13.1 Å². The number of hydrogen-bond acceptors (Lipinski definition) is 4. The van der Waals surface area contributed by atoms with E-state index in [0.29, 0.717) is 6.54 Å². The second kappa shape index (κ2) is 10.9. The second-order valence-corrected chi connectivity index (χ2v) is 10.7. The minimum absolute atomic E-state index is 0.189. The lowest BCUT2D eigenvalue weighted by Crippen LogP contribution is -2.38. The lowest BCUT2D eigenvalue weighted by atomic mass is 9.91. The molecule has 0 aliphatic carbocycles. The Labute approximate surface area is 191 Å². The van der Waals surface area contributed by atoms with Crippen LogP contribution in [-0.4, -0.2) is 39.4 Å². The van der Waals surface area contributed by atoms with Crippen molar-refractivity contribution in [2.24, 2.45) is 11.8 Å². The number of rotatable bonds is 8. The van der Waals surface area contributed by atoms with E-state index in [4.69, 9.17) is 0 Å². The van der Waals surface area contributed by atoms with Crippen molar-refractivity contribution in [1.82, 2.24) is 14.9 Å². The first kappa shape index (κ1) is 24.2.